The molecule has 0 radical (unpaired) electrons. The summed E-state index contributed by atoms with van der Waals surface area (Å²) < 4.78 is 49.7. The molecule has 2 aromatic rings. The van der Waals surface area contributed by atoms with E-state index in [1.54, 1.807) is 11.8 Å². The maximum absolute atomic E-state index is 14.5. The van der Waals surface area contributed by atoms with Crippen LogP contribution >= 0.6 is 0 Å². The molecule has 1 saturated carbocycles. The van der Waals surface area contributed by atoms with Crippen LogP contribution in [0.3, 0.4) is 0 Å². The molecule has 1 amide bonds. The number of sulfone groups is 1. The molecule has 1 aliphatic heterocycles. The van der Waals surface area contributed by atoms with Crippen LogP contribution in [0.4, 0.5) is 20.7 Å². The topological polar surface area (TPSA) is 111 Å². The number of carbonyl (C=O) groups is 1. The van der Waals surface area contributed by atoms with Gasteiger partial charge in [-0.25, -0.2) is 27.6 Å². The van der Waals surface area contributed by atoms with Gasteiger partial charge in [-0.15, -0.1) is 0 Å². The molecular formula is C24H31FN4O5S. The molecule has 4 rings (SSSR count). The lowest BCUT2D eigenvalue weighted by molar-refractivity contribution is -0.00773. The number of amides is 1. The third kappa shape index (κ3) is 5.66. The number of nitrogens with zero attached hydrogens (tertiary/aromatic N) is 3. The van der Waals surface area contributed by atoms with Gasteiger partial charge in [0, 0.05) is 31.2 Å². The summed E-state index contributed by atoms with van der Waals surface area (Å²) in [5.74, 6) is 0.366. The SMILES string of the molecule is Cc1c(Nc2ccc(S(C)(=O)=O)cc2F)ncnc1OC1C2CCC1CN(C(=O)OC(C)(C)C)C2. The van der Waals surface area contributed by atoms with E-state index in [1.165, 1.54) is 18.5 Å². The largest absolute Gasteiger partial charge is 0.473 e. The summed E-state index contributed by atoms with van der Waals surface area (Å²) in [5.41, 5.74) is 0.152. The standard InChI is InChI=1S/C24H31FN4O5S/c1-14-21(28-19-9-8-17(10-18(19)25)35(5,31)32)26-13-27-22(14)33-20-15-6-7-16(20)12-29(11-15)23(30)34-24(2,3)4/h8-10,13,15-16,20H,6-7,11-12H2,1-5H3,(H,26,27,28). The van der Waals surface area contributed by atoms with Crippen LogP contribution in [0, 0.1) is 24.6 Å². The average Bonchev–Trinajstić information content (AvgIpc) is 2.97. The smallest absolute Gasteiger partial charge is 0.410 e. The number of nitrogens with one attached hydrogen (secondary N) is 1. The minimum absolute atomic E-state index is 0.0934. The minimum Gasteiger partial charge on any atom is -0.473 e. The summed E-state index contributed by atoms with van der Waals surface area (Å²) in [4.78, 5) is 22.7. The van der Waals surface area contributed by atoms with Gasteiger partial charge in [-0.1, -0.05) is 0 Å². The zero-order valence-corrected chi connectivity index (χ0v) is 21.4. The number of aromatic nitrogens is 2. The van der Waals surface area contributed by atoms with E-state index in [-0.39, 0.29) is 34.6 Å². The average molecular weight is 507 g/mol. The Labute approximate surface area is 205 Å². The van der Waals surface area contributed by atoms with Crippen LogP contribution in [0.2, 0.25) is 0 Å². The first kappa shape index (κ1) is 25.2. The number of anilines is 2. The molecule has 2 heterocycles. The molecule has 1 aromatic carbocycles. The Kier molecular flexibility index (Phi) is 6.65. The first-order chi connectivity index (χ1) is 16.3. The van der Waals surface area contributed by atoms with Gasteiger partial charge >= 0.3 is 6.09 Å². The normalized spacial score (nSPS) is 22.1. The molecular weight excluding hydrogens is 475 g/mol. The van der Waals surface area contributed by atoms with E-state index in [4.69, 9.17) is 9.47 Å². The van der Waals surface area contributed by atoms with E-state index in [0.29, 0.717) is 30.4 Å². The van der Waals surface area contributed by atoms with Crippen molar-refractivity contribution >= 4 is 27.4 Å². The van der Waals surface area contributed by atoms with Crippen LogP contribution < -0.4 is 10.1 Å². The highest BCUT2D eigenvalue weighted by atomic mass is 32.2. The summed E-state index contributed by atoms with van der Waals surface area (Å²) >= 11 is 0. The lowest BCUT2D eigenvalue weighted by Crippen LogP contribution is -2.50. The predicted octanol–water partition coefficient (Wildman–Crippen LogP) is 4.10. The fraction of sp³-hybridized carbons (Fsp3) is 0.542. The van der Waals surface area contributed by atoms with Gasteiger partial charge in [0.05, 0.1) is 16.1 Å². The van der Waals surface area contributed by atoms with Crippen LogP contribution in [-0.2, 0) is 14.6 Å². The Morgan fingerprint density at radius 3 is 2.40 bits per heavy atom. The van der Waals surface area contributed by atoms with Gasteiger partial charge in [0.15, 0.2) is 9.84 Å². The Balaban J connectivity index is 1.47. The van der Waals surface area contributed by atoms with Gasteiger partial charge in [0.2, 0.25) is 5.88 Å². The van der Waals surface area contributed by atoms with Gasteiger partial charge < -0.3 is 19.7 Å². The number of fused-ring (bicyclic) bond motifs is 2. The molecule has 9 nitrogen and oxygen atoms in total. The fourth-order valence-corrected chi connectivity index (χ4v) is 5.24. The second-order valence-electron chi connectivity index (χ2n) is 10.3. The van der Waals surface area contributed by atoms with E-state index in [9.17, 15) is 17.6 Å². The van der Waals surface area contributed by atoms with Crippen molar-refractivity contribution < 1.29 is 27.1 Å². The maximum atomic E-state index is 14.5. The number of hydrogen-bond acceptors (Lipinski definition) is 8. The second kappa shape index (κ2) is 9.25. The van der Waals surface area contributed by atoms with Crippen molar-refractivity contribution in [1.82, 2.24) is 14.9 Å². The maximum Gasteiger partial charge on any atom is 0.410 e. The summed E-state index contributed by atoms with van der Waals surface area (Å²) in [6.45, 7) is 8.45. The van der Waals surface area contributed by atoms with Crippen molar-refractivity contribution in [2.75, 3.05) is 24.7 Å². The Hall–Kier alpha value is -2.95. The zero-order chi connectivity index (χ0) is 25.5. The van der Waals surface area contributed by atoms with Crippen molar-refractivity contribution in [2.24, 2.45) is 11.8 Å². The number of rotatable bonds is 5. The number of carbonyl (C=O) groups excluding carboxylic acids is 1. The molecule has 1 aliphatic carbocycles. The van der Waals surface area contributed by atoms with Crippen molar-refractivity contribution in [2.45, 2.75) is 57.1 Å². The fourth-order valence-electron chi connectivity index (χ4n) is 4.60. The minimum atomic E-state index is -3.52. The van der Waals surface area contributed by atoms with Gasteiger partial charge in [0.25, 0.3) is 0 Å². The van der Waals surface area contributed by atoms with Gasteiger partial charge in [-0.3, -0.25) is 0 Å². The molecule has 1 aromatic heterocycles. The van der Waals surface area contributed by atoms with Gasteiger partial charge in [-0.2, -0.15) is 0 Å². The highest BCUT2D eigenvalue weighted by Gasteiger charge is 2.46. The van der Waals surface area contributed by atoms with Crippen LogP contribution in [0.1, 0.15) is 39.2 Å². The van der Waals surface area contributed by atoms with Crippen LogP contribution in [0.25, 0.3) is 0 Å². The molecule has 0 spiro atoms. The van der Waals surface area contributed by atoms with E-state index >= 15 is 0 Å². The number of piperidine rings is 1. The van der Waals surface area contributed by atoms with Gasteiger partial charge in [0.1, 0.15) is 29.7 Å². The predicted molar refractivity (Wildman–Crippen MR) is 128 cm³/mol. The highest BCUT2D eigenvalue weighted by Crippen LogP contribution is 2.40. The molecule has 35 heavy (non-hydrogen) atoms. The molecule has 1 N–H and O–H groups in total. The van der Waals surface area contributed by atoms with E-state index in [0.717, 1.165) is 25.2 Å². The van der Waals surface area contributed by atoms with Crippen LogP contribution in [-0.4, -0.2) is 60.4 Å². The Morgan fingerprint density at radius 2 is 1.83 bits per heavy atom. The zero-order valence-electron chi connectivity index (χ0n) is 20.5. The van der Waals surface area contributed by atoms with Gasteiger partial charge in [-0.05, 0) is 58.7 Å². The van der Waals surface area contributed by atoms with Crippen molar-refractivity contribution in [3.8, 4) is 5.88 Å². The van der Waals surface area contributed by atoms with E-state index in [1.807, 2.05) is 20.8 Å². The van der Waals surface area contributed by atoms with Crippen LogP contribution in [0.5, 0.6) is 5.88 Å². The third-order valence-corrected chi connectivity index (χ3v) is 7.42. The molecule has 2 atom stereocenters. The Morgan fingerprint density at radius 1 is 1.17 bits per heavy atom. The lowest BCUT2D eigenvalue weighted by Gasteiger charge is -2.38. The summed E-state index contributed by atoms with van der Waals surface area (Å²) in [6.07, 6.45) is 3.86. The number of ether oxygens (including phenoxy) is 2. The molecule has 2 fully saturated rings. The Bertz CT molecular complexity index is 1220. The quantitative estimate of drug-likeness (QED) is 0.646. The highest BCUT2D eigenvalue weighted by molar-refractivity contribution is 7.90. The molecule has 11 heteroatoms. The monoisotopic (exact) mass is 506 g/mol. The molecule has 2 aliphatic rings. The molecule has 1 saturated heterocycles. The molecule has 2 unspecified atom stereocenters. The number of hydrogen-bond donors (Lipinski definition) is 1. The second-order valence-corrected chi connectivity index (χ2v) is 12.3. The first-order valence-corrected chi connectivity index (χ1v) is 13.4. The van der Waals surface area contributed by atoms with Crippen molar-refractivity contribution in [3.63, 3.8) is 0 Å². The lowest BCUT2D eigenvalue weighted by atomic mass is 9.95. The number of benzene rings is 1. The molecule has 190 valence electrons. The number of halogens is 1. The van der Waals surface area contributed by atoms with E-state index < -0.39 is 21.3 Å². The van der Waals surface area contributed by atoms with Crippen LogP contribution in [0.15, 0.2) is 29.4 Å². The number of likely N-dealkylation sites (tertiary alicyclic amines) is 1. The van der Waals surface area contributed by atoms with Crippen molar-refractivity contribution in [1.29, 1.82) is 0 Å². The summed E-state index contributed by atoms with van der Waals surface area (Å²) in [5, 5.41) is 2.91. The van der Waals surface area contributed by atoms with E-state index in [2.05, 4.69) is 15.3 Å². The third-order valence-electron chi connectivity index (χ3n) is 6.31. The molecule has 2 bridgehead atoms. The summed E-state index contributed by atoms with van der Waals surface area (Å²) in [7, 11) is -3.52. The summed E-state index contributed by atoms with van der Waals surface area (Å²) in [6, 6.07) is 3.67. The first-order valence-electron chi connectivity index (χ1n) is 11.5. The van der Waals surface area contributed by atoms with Crippen molar-refractivity contribution in [3.05, 3.63) is 35.9 Å².